The molecule has 0 radical (unpaired) electrons. The van der Waals surface area contributed by atoms with Gasteiger partial charge in [-0.1, -0.05) is 11.6 Å². The van der Waals surface area contributed by atoms with Crippen molar-refractivity contribution in [2.45, 2.75) is 19.3 Å². The molecule has 110 valence electrons. The van der Waals surface area contributed by atoms with Crippen LogP contribution in [0.3, 0.4) is 0 Å². The molecule has 1 aliphatic heterocycles. The highest BCUT2D eigenvalue weighted by Gasteiger charge is 2.24. The monoisotopic (exact) mass is 297 g/mol. The highest BCUT2D eigenvalue weighted by molar-refractivity contribution is 6.31. The lowest BCUT2D eigenvalue weighted by atomic mass is 9.93. The van der Waals surface area contributed by atoms with E-state index in [-0.39, 0.29) is 10.6 Å². The molecule has 1 aromatic rings. The lowest BCUT2D eigenvalue weighted by molar-refractivity contribution is -0.384. The Morgan fingerprint density at radius 1 is 1.45 bits per heavy atom. The average Bonchev–Trinajstić information content (AvgIpc) is 2.45. The van der Waals surface area contributed by atoms with Crippen LogP contribution in [0.25, 0.3) is 0 Å². The maximum Gasteiger partial charge on any atom is 0.292 e. The van der Waals surface area contributed by atoms with E-state index in [0.29, 0.717) is 16.6 Å². The van der Waals surface area contributed by atoms with Gasteiger partial charge in [0.2, 0.25) is 0 Å². The molecule has 0 aliphatic carbocycles. The highest BCUT2D eigenvalue weighted by atomic mass is 35.5. The van der Waals surface area contributed by atoms with Gasteiger partial charge in [0, 0.05) is 24.2 Å². The van der Waals surface area contributed by atoms with Gasteiger partial charge in [0.05, 0.1) is 4.92 Å². The summed E-state index contributed by atoms with van der Waals surface area (Å²) in [6.45, 7) is 2.74. The zero-order valence-electron chi connectivity index (χ0n) is 11.6. The maximum absolute atomic E-state index is 11.1. The molecule has 5 nitrogen and oxygen atoms in total. The van der Waals surface area contributed by atoms with Crippen molar-refractivity contribution in [3.8, 4) is 0 Å². The third kappa shape index (κ3) is 3.61. The van der Waals surface area contributed by atoms with Crippen molar-refractivity contribution in [2.24, 2.45) is 5.92 Å². The number of nitro groups is 1. The molecular weight excluding hydrogens is 278 g/mol. The van der Waals surface area contributed by atoms with E-state index in [1.165, 1.54) is 12.5 Å². The van der Waals surface area contributed by atoms with Gasteiger partial charge in [0.15, 0.2) is 0 Å². The highest BCUT2D eigenvalue weighted by Crippen LogP contribution is 2.34. The summed E-state index contributed by atoms with van der Waals surface area (Å²) in [4.78, 5) is 12.9. The van der Waals surface area contributed by atoms with Crippen LogP contribution in [0.2, 0.25) is 5.02 Å². The van der Waals surface area contributed by atoms with Crippen LogP contribution in [-0.2, 0) is 0 Å². The summed E-state index contributed by atoms with van der Waals surface area (Å²) in [5.41, 5.74) is 0.789. The number of nitro benzene ring substituents is 1. The quantitative estimate of drug-likeness (QED) is 0.670. The summed E-state index contributed by atoms with van der Waals surface area (Å²) in [7, 11) is 1.96. The Hall–Kier alpha value is -1.33. The van der Waals surface area contributed by atoms with E-state index >= 15 is 0 Å². The van der Waals surface area contributed by atoms with Crippen molar-refractivity contribution < 1.29 is 4.92 Å². The molecule has 0 spiro atoms. The van der Waals surface area contributed by atoms with Crippen LogP contribution in [0.1, 0.15) is 19.3 Å². The van der Waals surface area contributed by atoms with Crippen LogP contribution in [0.4, 0.5) is 11.4 Å². The Labute approximate surface area is 124 Å². The van der Waals surface area contributed by atoms with Gasteiger partial charge in [-0.25, -0.2) is 0 Å². The van der Waals surface area contributed by atoms with Gasteiger partial charge in [0.1, 0.15) is 5.69 Å². The first kappa shape index (κ1) is 15.1. The Kier molecular flexibility index (Phi) is 5.20. The van der Waals surface area contributed by atoms with Crippen LogP contribution in [0, 0.1) is 16.0 Å². The van der Waals surface area contributed by atoms with Gasteiger partial charge >= 0.3 is 0 Å². The summed E-state index contributed by atoms with van der Waals surface area (Å²) in [5, 5.41) is 14.8. The summed E-state index contributed by atoms with van der Waals surface area (Å²) < 4.78 is 0. The van der Waals surface area contributed by atoms with E-state index in [9.17, 15) is 10.1 Å². The topological polar surface area (TPSA) is 58.4 Å². The van der Waals surface area contributed by atoms with E-state index in [1.54, 1.807) is 12.1 Å². The van der Waals surface area contributed by atoms with Crippen LogP contribution in [-0.4, -0.2) is 31.6 Å². The van der Waals surface area contributed by atoms with Crippen molar-refractivity contribution in [3.05, 3.63) is 33.3 Å². The lowest BCUT2D eigenvalue weighted by Crippen LogP contribution is -2.34. The minimum Gasteiger partial charge on any atom is -0.366 e. The Bertz CT molecular complexity index is 473. The minimum absolute atomic E-state index is 0.142. The summed E-state index contributed by atoms with van der Waals surface area (Å²) in [6.07, 6.45) is 3.32. The van der Waals surface area contributed by atoms with Gasteiger partial charge in [0.25, 0.3) is 5.69 Å². The van der Waals surface area contributed by atoms with E-state index < -0.39 is 0 Å². The first-order valence-electron chi connectivity index (χ1n) is 6.95. The van der Waals surface area contributed by atoms with Crippen molar-refractivity contribution in [3.63, 3.8) is 0 Å². The molecule has 0 saturated carbocycles. The number of anilines is 1. The largest absolute Gasteiger partial charge is 0.366 e. The van der Waals surface area contributed by atoms with E-state index in [0.717, 1.165) is 32.5 Å². The molecule has 0 aromatic heterocycles. The molecule has 1 aromatic carbocycles. The number of piperidine rings is 1. The van der Waals surface area contributed by atoms with Crippen molar-refractivity contribution >= 4 is 23.0 Å². The van der Waals surface area contributed by atoms with Gasteiger partial charge in [-0.3, -0.25) is 10.1 Å². The van der Waals surface area contributed by atoms with Gasteiger partial charge in [-0.15, -0.1) is 0 Å². The zero-order chi connectivity index (χ0) is 14.5. The van der Waals surface area contributed by atoms with Gasteiger partial charge < -0.3 is 10.2 Å². The SMILES string of the molecule is CNCCC1CCN(c2cc(Cl)ccc2[N+](=O)[O-])CC1. The molecule has 2 rings (SSSR count). The standard InChI is InChI=1S/C14H20ClN3O2/c1-16-7-4-11-5-8-17(9-6-11)14-10-12(15)2-3-13(14)18(19)20/h2-3,10-11,16H,4-9H2,1H3. The van der Waals surface area contributed by atoms with Crippen molar-refractivity contribution in [1.29, 1.82) is 0 Å². The molecule has 0 unspecified atom stereocenters. The maximum atomic E-state index is 11.1. The molecule has 20 heavy (non-hydrogen) atoms. The first-order chi connectivity index (χ1) is 9.61. The van der Waals surface area contributed by atoms with Crippen LogP contribution >= 0.6 is 11.6 Å². The second-order valence-electron chi connectivity index (χ2n) is 5.21. The molecule has 1 fully saturated rings. The fraction of sp³-hybridized carbons (Fsp3) is 0.571. The summed E-state index contributed by atoms with van der Waals surface area (Å²) in [5.74, 6) is 0.706. The molecule has 1 heterocycles. The third-order valence-corrected chi connectivity index (χ3v) is 4.13. The second kappa shape index (κ2) is 6.90. The molecule has 0 bridgehead atoms. The predicted octanol–water partition coefficient (Wildman–Crippen LogP) is 3.07. The Morgan fingerprint density at radius 3 is 2.75 bits per heavy atom. The molecule has 0 atom stereocenters. The molecule has 1 N–H and O–H groups in total. The first-order valence-corrected chi connectivity index (χ1v) is 7.33. The minimum atomic E-state index is -0.335. The lowest BCUT2D eigenvalue weighted by Gasteiger charge is -2.33. The molecule has 1 saturated heterocycles. The number of benzene rings is 1. The summed E-state index contributed by atoms with van der Waals surface area (Å²) >= 11 is 5.98. The van der Waals surface area contributed by atoms with Crippen molar-refractivity contribution in [1.82, 2.24) is 5.32 Å². The van der Waals surface area contributed by atoms with Gasteiger partial charge in [-0.05, 0) is 50.9 Å². The molecule has 6 heteroatoms. The van der Waals surface area contributed by atoms with E-state index in [2.05, 4.69) is 10.2 Å². The number of nitrogens with one attached hydrogen (secondary N) is 1. The van der Waals surface area contributed by atoms with Crippen molar-refractivity contribution in [2.75, 3.05) is 31.6 Å². The van der Waals surface area contributed by atoms with E-state index in [1.807, 2.05) is 7.05 Å². The second-order valence-corrected chi connectivity index (χ2v) is 5.65. The fourth-order valence-electron chi connectivity index (χ4n) is 2.72. The molecular formula is C14H20ClN3O2. The number of halogens is 1. The smallest absolute Gasteiger partial charge is 0.292 e. The van der Waals surface area contributed by atoms with E-state index in [4.69, 9.17) is 11.6 Å². The number of hydrogen-bond donors (Lipinski definition) is 1. The number of hydrogen-bond acceptors (Lipinski definition) is 4. The number of rotatable bonds is 5. The molecule has 1 aliphatic rings. The van der Waals surface area contributed by atoms with Gasteiger partial charge in [-0.2, -0.15) is 0 Å². The average molecular weight is 298 g/mol. The molecule has 0 amide bonds. The fourth-order valence-corrected chi connectivity index (χ4v) is 2.88. The van der Waals surface area contributed by atoms with Crippen LogP contribution in [0.15, 0.2) is 18.2 Å². The van der Waals surface area contributed by atoms with Crippen LogP contribution in [0.5, 0.6) is 0 Å². The zero-order valence-corrected chi connectivity index (χ0v) is 12.4. The predicted molar refractivity (Wildman–Crippen MR) is 81.6 cm³/mol. The van der Waals surface area contributed by atoms with Crippen LogP contribution < -0.4 is 10.2 Å². The number of nitrogens with zero attached hydrogens (tertiary/aromatic N) is 2. The summed E-state index contributed by atoms with van der Waals surface area (Å²) in [6, 6.07) is 4.77. The Morgan fingerprint density at radius 2 is 2.15 bits per heavy atom. The Balaban J connectivity index is 2.06. The normalized spacial score (nSPS) is 16.4. The third-order valence-electron chi connectivity index (χ3n) is 3.89.